The molecule has 11 nitrogen and oxygen atoms in total. The Morgan fingerprint density at radius 2 is 1.60 bits per heavy atom. The Labute approximate surface area is 280 Å². The van der Waals surface area contributed by atoms with Gasteiger partial charge in [-0.2, -0.15) is 13.2 Å². The number of carbonyl (C=O) groups is 5. The maximum absolute atomic E-state index is 13.8. The molecule has 0 unspecified atom stereocenters. The van der Waals surface area contributed by atoms with Crippen LogP contribution in [0, 0.1) is 5.92 Å². The standard InChI is InChI=1S/C33H35ClF3N5O6/c1-19(2)28(26(43)17-33(35,36)37)41-32(47)29(21-10-12-23(48-3)13-11-21)42-31(46)25(16-20-7-6-8-22(34)15-20)40-27(44)18-39-30(45)24-9-4-5-14-38-24/h4-15,19,25,28-29H,16-18H2,1-3H3,(H,39,45)(H,40,44)(H,41,47)(H,42,46)/t25-,28-,29-/m0/s1. The molecule has 0 saturated heterocycles. The second kappa shape index (κ2) is 17.3. The Morgan fingerprint density at radius 3 is 2.19 bits per heavy atom. The highest BCUT2D eigenvalue weighted by Gasteiger charge is 2.37. The molecule has 15 heteroatoms. The Morgan fingerprint density at radius 1 is 0.896 bits per heavy atom. The summed E-state index contributed by atoms with van der Waals surface area (Å²) in [4.78, 5) is 69.2. The number of aromatic nitrogens is 1. The molecule has 3 atom stereocenters. The fourth-order valence-electron chi connectivity index (χ4n) is 4.60. The van der Waals surface area contributed by atoms with E-state index in [2.05, 4.69) is 26.3 Å². The number of amides is 4. The molecule has 0 fully saturated rings. The van der Waals surface area contributed by atoms with Gasteiger partial charge in [-0.1, -0.05) is 55.8 Å². The van der Waals surface area contributed by atoms with Crippen LogP contribution in [-0.4, -0.2) is 66.3 Å². The Kier molecular flexibility index (Phi) is 13.5. The summed E-state index contributed by atoms with van der Waals surface area (Å²) in [7, 11) is 1.42. The molecule has 4 amide bonds. The molecule has 1 heterocycles. The molecule has 1 aromatic heterocycles. The smallest absolute Gasteiger partial charge is 0.395 e. The van der Waals surface area contributed by atoms with Gasteiger partial charge in [0.25, 0.3) is 5.91 Å². The van der Waals surface area contributed by atoms with Crippen LogP contribution in [0.3, 0.4) is 0 Å². The summed E-state index contributed by atoms with van der Waals surface area (Å²) in [5, 5.41) is 10.3. The molecule has 256 valence electrons. The molecule has 48 heavy (non-hydrogen) atoms. The van der Waals surface area contributed by atoms with E-state index in [1.54, 1.807) is 36.4 Å². The molecular formula is C33H35ClF3N5O6. The van der Waals surface area contributed by atoms with Gasteiger partial charge in [-0.25, -0.2) is 0 Å². The maximum Gasteiger partial charge on any atom is 0.395 e. The van der Waals surface area contributed by atoms with Crippen molar-refractivity contribution in [2.75, 3.05) is 13.7 Å². The van der Waals surface area contributed by atoms with E-state index >= 15 is 0 Å². The minimum atomic E-state index is -4.79. The zero-order valence-electron chi connectivity index (χ0n) is 26.3. The lowest BCUT2D eigenvalue weighted by molar-refractivity contribution is -0.155. The van der Waals surface area contributed by atoms with E-state index in [9.17, 15) is 37.1 Å². The van der Waals surface area contributed by atoms with Crippen LogP contribution in [0.5, 0.6) is 5.75 Å². The molecule has 3 aromatic rings. The number of ketones is 1. The second-order valence-corrected chi connectivity index (χ2v) is 11.5. The van der Waals surface area contributed by atoms with Gasteiger partial charge in [0.1, 0.15) is 29.9 Å². The molecular weight excluding hydrogens is 655 g/mol. The van der Waals surface area contributed by atoms with Crippen molar-refractivity contribution >= 4 is 41.0 Å². The minimum Gasteiger partial charge on any atom is -0.497 e. The number of pyridine rings is 1. The molecule has 3 rings (SSSR count). The number of Topliss-reactive ketones (excluding diaryl/α,β-unsaturated/α-hetero) is 1. The third kappa shape index (κ3) is 11.7. The lowest BCUT2D eigenvalue weighted by atomic mass is 9.96. The number of nitrogens with one attached hydrogen (secondary N) is 4. The van der Waals surface area contributed by atoms with Gasteiger partial charge in [-0.05, 0) is 53.4 Å². The number of hydrogen-bond donors (Lipinski definition) is 4. The first-order valence-electron chi connectivity index (χ1n) is 14.7. The number of hydrogen-bond acceptors (Lipinski definition) is 7. The highest BCUT2D eigenvalue weighted by molar-refractivity contribution is 6.30. The summed E-state index contributed by atoms with van der Waals surface area (Å²) in [6, 6.07) is 12.7. The average molecular weight is 690 g/mol. The summed E-state index contributed by atoms with van der Waals surface area (Å²) in [6.07, 6.45) is -5.23. The summed E-state index contributed by atoms with van der Waals surface area (Å²) in [5.41, 5.74) is 0.826. The van der Waals surface area contributed by atoms with E-state index in [1.165, 1.54) is 57.5 Å². The zero-order chi connectivity index (χ0) is 35.4. The van der Waals surface area contributed by atoms with Crippen molar-refractivity contribution in [2.45, 2.75) is 51.0 Å². The number of nitrogens with zero attached hydrogens (tertiary/aromatic N) is 1. The van der Waals surface area contributed by atoms with Crippen LogP contribution in [0.15, 0.2) is 72.9 Å². The van der Waals surface area contributed by atoms with Gasteiger partial charge in [0.2, 0.25) is 17.7 Å². The molecule has 0 aliphatic heterocycles. The van der Waals surface area contributed by atoms with E-state index in [4.69, 9.17) is 16.3 Å². The molecule has 0 radical (unpaired) electrons. The van der Waals surface area contributed by atoms with E-state index in [1.807, 2.05) is 0 Å². The van der Waals surface area contributed by atoms with Crippen molar-refractivity contribution in [1.82, 2.24) is 26.3 Å². The van der Waals surface area contributed by atoms with Crippen LogP contribution in [0.1, 0.15) is 47.9 Å². The monoisotopic (exact) mass is 689 g/mol. The van der Waals surface area contributed by atoms with Crippen molar-refractivity contribution in [3.63, 3.8) is 0 Å². The first-order valence-corrected chi connectivity index (χ1v) is 15.1. The number of halogens is 4. The fraction of sp³-hybridized carbons (Fsp3) is 0.333. The molecule has 0 bridgehead atoms. The Hall–Kier alpha value is -4.98. The quantitative estimate of drug-likeness (QED) is 0.190. The lowest BCUT2D eigenvalue weighted by Crippen LogP contribution is -2.54. The summed E-state index contributed by atoms with van der Waals surface area (Å²) in [5.74, 6) is -4.72. The van der Waals surface area contributed by atoms with Gasteiger partial charge >= 0.3 is 6.18 Å². The highest BCUT2D eigenvalue weighted by Crippen LogP contribution is 2.24. The third-order valence-electron chi connectivity index (χ3n) is 6.97. The van der Waals surface area contributed by atoms with E-state index in [-0.39, 0.29) is 17.7 Å². The van der Waals surface area contributed by atoms with Crippen LogP contribution in [-0.2, 0) is 25.6 Å². The van der Waals surface area contributed by atoms with Crippen molar-refractivity contribution in [2.24, 2.45) is 5.92 Å². The van der Waals surface area contributed by atoms with Crippen molar-refractivity contribution in [1.29, 1.82) is 0 Å². The van der Waals surface area contributed by atoms with Crippen LogP contribution < -0.4 is 26.0 Å². The molecule has 4 N–H and O–H groups in total. The molecule has 0 spiro atoms. The number of ether oxygens (including phenoxy) is 1. The number of benzene rings is 2. The van der Waals surface area contributed by atoms with Gasteiger partial charge in [0, 0.05) is 17.6 Å². The highest BCUT2D eigenvalue weighted by atomic mass is 35.5. The normalized spacial score (nSPS) is 13.1. The predicted molar refractivity (Wildman–Crippen MR) is 170 cm³/mol. The number of alkyl halides is 3. The SMILES string of the molecule is COc1ccc([C@H](NC(=O)[C@H](Cc2cccc(Cl)c2)NC(=O)CNC(=O)c2ccccn2)C(=O)N[C@H](C(=O)CC(F)(F)F)C(C)C)cc1. The largest absolute Gasteiger partial charge is 0.497 e. The number of carbonyl (C=O) groups excluding carboxylic acids is 5. The first-order chi connectivity index (χ1) is 22.7. The second-order valence-electron chi connectivity index (χ2n) is 11.1. The average Bonchev–Trinajstić information content (AvgIpc) is 3.04. The van der Waals surface area contributed by atoms with Crippen LogP contribution in [0.4, 0.5) is 13.2 Å². The predicted octanol–water partition coefficient (Wildman–Crippen LogP) is 3.72. The van der Waals surface area contributed by atoms with Gasteiger partial charge in [-0.3, -0.25) is 29.0 Å². The number of methoxy groups -OCH3 is 1. The maximum atomic E-state index is 13.8. The Balaban J connectivity index is 1.88. The number of rotatable bonds is 15. The minimum absolute atomic E-state index is 0.0697. The molecule has 2 aromatic carbocycles. The summed E-state index contributed by atoms with van der Waals surface area (Å²) < 4.78 is 44.3. The third-order valence-corrected chi connectivity index (χ3v) is 7.21. The van der Waals surface area contributed by atoms with Crippen LogP contribution in [0.25, 0.3) is 0 Å². The van der Waals surface area contributed by atoms with Gasteiger partial charge in [0.05, 0.1) is 19.7 Å². The van der Waals surface area contributed by atoms with E-state index < -0.39 is 72.6 Å². The summed E-state index contributed by atoms with van der Waals surface area (Å²) >= 11 is 6.12. The Bertz CT molecular complexity index is 1590. The zero-order valence-corrected chi connectivity index (χ0v) is 27.0. The van der Waals surface area contributed by atoms with Crippen molar-refractivity contribution in [3.05, 3.63) is 94.8 Å². The summed E-state index contributed by atoms with van der Waals surface area (Å²) in [6.45, 7) is 2.43. The van der Waals surface area contributed by atoms with Crippen LogP contribution in [0.2, 0.25) is 5.02 Å². The van der Waals surface area contributed by atoms with Crippen molar-refractivity contribution in [3.8, 4) is 5.75 Å². The molecule has 0 aliphatic carbocycles. The van der Waals surface area contributed by atoms with Crippen LogP contribution >= 0.6 is 11.6 Å². The van der Waals surface area contributed by atoms with Crippen molar-refractivity contribution < 1.29 is 41.9 Å². The lowest BCUT2D eigenvalue weighted by Gasteiger charge is -2.27. The van der Waals surface area contributed by atoms with Gasteiger partial charge < -0.3 is 26.0 Å². The van der Waals surface area contributed by atoms with E-state index in [0.717, 1.165) is 0 Å². The first kappa shape index (κ1) is 37.5. The molecule has 0 saturated carbocycles. The topological polar surface area (TPSA) is 156 Å². The fourth-order valence-corrected chi connectivity index (χ4v) is 4.82. The van der Waals surface area contributed by atoms with Gasteiger partial charge in [-0.15, -0.1) is 0 Å². The van der Waals surface area contributed by atoms with Gasteiger partial charge in [0.15, 0.2) is 5.78 Å². The molecule has 0 aliphatic rings. The van der Waals surface area contributed by atoms with E-state index in [0.29, 0.717) is 16.3 Å².